The maximum Gasteiger partial charge on any atom is 0.344 e. The van der Waals surface area contributed by atoms with Gasteiger partial charge in [-0.2, -0.15) is 12.8 Å². The van der Waals surface area contributed by atoms with E-state index in [0.717, 1.165) is 43.1 Å². The van der Waals surface area contributed by atoms with E-state index in [0.29, 0.717) is 6.04 Å². The first-order valence-corrected chi connectivity index (χ1v) is 11.9. The molecule has 3 aliphatic rings. The Bertz CT molecular complexity index is 776. The Hall–Kier alpha value is -1.40. The summed E-state index contributed by atoms with van der Waals surface area (Å²) in [5.74, 6) is 0.927. The molecule has 2 fully saturated rings. The summed E-state index contributed by atoms with van der Waals surface area (Å²) in [5, 5.41) is 0. The van der Waals surface area contributed by atoms with Gasteiger partial charge in [-0.05, 0) is 50.5 Å². The zero-order valence-electron chi connectivity index (χ0n) is 16.3. The molecular formula is C21H31N3O2S. The number of likely N-dealkylation sites (tertiary alicyclic amines) is 1. The minimum atomic E-state index is -3.61. The van der Waals surface area contributed by atoms with Gasteiger partial charge in [0.15, 0.2) is 0 Å². The highest BCUT2D eigenvalue weighted by atomic mass is 32.2. The van der Waals surface area contributed by atoms with Crippen molar-refractivity contribution in [3.63, 3.8) is 0 Å². The molecule has 0 spiro atoms. The average Bonchev–Trinajstić information content (AvgIpc) is 2.69. The summed E-state index contributed by atoms with van der Waals surface area (Å²) in [5.41, 5.74) is 1.68. The predicted octanol–water partition coefficient (Wildman–Crippen LogP) is 3.99. The third-order valence-electron chi connectivity index (χ3n) is 6.61. The molecule has 1 saturated heterocycles. The number of hydrogen-bond donors (Lipinski definition) is 0. The highest BCUT2D eigenvalue weighted by molar-refractivity contribution is 7.91. The molecule has 1 aromatic carbocycles. The maximum atomic E-state index is 12.6. The van der Waals surface area contributed by atoms with Crippen LogP contribution in [0.25, 0.3) is 0 Å². The second kappa shape index (κ2) is 7.92. The largest absolute Gasteiger partial charge is 0.344 e. The molecule has 0 radical (unpaired) electrons. The van der Waals surface area contributed by atoms with Gasteiger partial charge in [0, 0.05) is 30.7 Å². The van der Waals surface area contributed by atoms with Gasteiger partial charge in [0.05, 0.1) is 11.9 Å². The molecular weight excluding hydrogens is 358 g/mol. The zero-order chi connectivity index (χ0) is 18.9. The third-order valence-corrected chi connectivity index (χ3v) is 7.97. The summed E-state index contributed by atoms with van der Waals surface area (Å²) in [4.78, 5) is 2.62. The number of fused-ring (bicyclic) bond motifs is 1. The van der Waals surface area contributed by atoms with Gasteiger partial charge >= 0.3 is 10.2 Å². The van der Waals surface area contributed by atoms with Crippen LogP contribution in [0.1, 0.15) is 63.9 Å². The Kier molecular flexibility index (Phi) is 5.55. The number of para-hydroxylation sites is 1. The first-order chi connectivity index (χ1) is 13.1. The fourth-order valence-corrected chi connectivity index (χ4v) is 6.52. The van der Waals surface area contributed by atoms with Gasteiger partial charge in [0.1, 0.15) is 0 Å². The highest BCUT2D eigenvalue weighted by Gasteiger charge is 2.37. The number of benzene rings is 1. The third kappa shape index (κ3) is 3.92. The van der Waals surface area contributed by atoms with Gasteiger partial charge < -0.3 is 4.90 Å². The van der Waals surface area contributed by atoms with Crippen LogP contribution in [0.4, 0.5) is 5.69 Å². The molecule has 0 atom stereocenters. The van der Waals surface area contributed by atoms with Crippen LogP contribution in [0.3, 0.4) is 0 Å². The van der Waals surface area contributed by atoms with E-state index in [4.69, 9.17) is 0 Å². The molecule has 2 heterocycles. The molecule has 0 unspecified atom stereocenters. The second-order valence-electron chi connectivity index (χ2n) is 8.30. The molecule has 1 saturated carbocycles. The monoisotopic (exact) mass is 389 g/mol. The van der Waals surface area contributed by atoms with Crippen LogP contribution < -0.4 is 4.31 Å². The lowest BCUT2D eigenvalue weighted by Gasteiger charge is -2.43. The van der Waals surface area contributed by atoms with E-state index < -0.39 is 10.2 Å². The van der Waals surface area contributed by atoms with Crippen molar-refractivity contribution in [1.82, 2.24) is 4.90 Å². The van der Waals surface area contributed by atoms with Crippen LogP contribution in [0.2, 0.25) is 0 Å². The van der Waals surface area contributed by atoms with Gasteiger partial charge in [0.2, 0.25) is 0 Å². The molecule has 4 rings (SSSR count). The molecule has 0 amide bonds. The summed E-state index contributed by atoms with van der Waals surface area (Å²) in [6.07, 6.45) is 11.3. The van der Waals surface area contributed by atoms with Crippen LogP contribution in [-0.2, 0) is 10.2 Å². The van der Waals surface area contributed by atoms with Crippen molar-refractivity contribution in [2.45, 2.75) is 70.4 Å². The highest BCUT2D eigenvalue weighted by Crippen LogP contribution is 2.35. The topological polar surface area (TPSA) is 53.0 Å². The van der Waals surface area contributed by atoms with E-state index in [1.54, 1.807) is 4.31 Å². The zero-order valence-corrected chi connectivity index (χ0v) is 17.1. The number of piperidine rings is 1. The standard InChI is InChI=1S/C21H31N3O2S/c1-2-5-17-8-10-19(11-9-17)23-14-12-20(13-15-23)24-21-7-4-3-6-18(21)16-22-27(24,25)26/h3-4,6-7,16-17,19-20H,2,5,8-15H2,1H3. The minimum absolute atomic E-state index is 0.0151. The Morgan fingerprint density at radius 1 is 1.00 bits per heavy atom. The molecule has 6 heteroatoms. The van der Waals surface area contributed by atoms with Crippen molar-refractivity contribution in [2.75, 3.05) is 17.4 Å². The summed E-state index contributed by atoms with van der Waals surface area (Å²) >= 11 is 0. The number of nitrogens with zero attached hydrogens (tertiary/aromatic N) is 3. The number of rotatable bonds is 4. The summed E-state index contributed by atoms with van der Waals surface area (Å²) < 4.78 is 30.7. The lowest BCUT2D eigenvalue weighted by Crippen LogP contribution is -2.51. The molecule has 2 aliphatic heterocycles. The van der Waals surface area contributed by atoms with Crippen molar-refractivity contribution < 1.29 is 8.42 Å². The lowest BCUT2D eigenvalue weighted by molar-refractivity contribution is 0.107. The van der Waals surface area contributed by atoms with Crippen LogP contribution in [0.5, 0.6) is 0 Å². The van der Waals surface area contributed by atoms with E-state index >= 15 is 0 Å². The number of anilines is 1. The SMILES string of the molecule is CCCC1CCC(N2CCC(N3c4ccccc4C=NS3(=O)=O)CC2)CC1. The summed E-state index contributed by atoms with van der Waals surface area (Å²) in [6, 6.07) is 8.38. The van der Waals surface area contributed by atoms with Crippen LogP contribution >= 0.6 is 0 Å². The van der Waals surface area contributed by atoms with Gasteiger partial charge in [-0.25, -0.2) is 4.31 Å². The normalized spacial score (nSPS) is 28.9. The first kappa shape index (κ1) is 18.9. The molecule has 27 heavy (non-hydrogen) atoms. The van der Waals surface area contributed by atoms with E-state index in [-0.39, 0.29) is 6.04 Å². The quantitative estimate of drug-likeness (QED) is 0.782. The molecule has 1 aliphatic carbocycles. The molecule has 5 nitrogen and oxygen atoms in total. The summed E-state index contributed by atoms with van der Waals surface area (Å²) in [7, 11) is -3.61. The molecule has 0 N–H and O–H groups in total. The van der Waals surface area contributed by atoms with Crippen LogP contribution in [0, 0.1) is 5.92 Å². The first-order valence-electron chi connectivity index (χ1n) is 10.5. The molecule has 1 aromatic rings. The van der Waals surface area contributed by atoms with Gasteiger partial charge in [0.25, 0.3) is 0 Å². The van der Waals surface area contributed by atoms with Crippen molar-refractivity contribution in [1.29, 1.82) is 0 Å². The van der Waals surface area contributed by atoms with Gasteiger partial charge in [-0.15, -0.1) is 0 Å². The Labute approximate surface area is 163 Å². The van der Waals surface area contributed by atoms with Crippen molar-refractivity contribution in [3.8, 4) is 0 Å². The summed E-state index contributed by atoms with van der Waals surface area (Å²) in [6.45, 7) is 4.27. The lowest BCUT2D eigenvalue weighted by atomic mass is 9.82. The molecule has 0 aromatic heterocycles. The second-order valence-corrected chi connectivity index (χ2v) is 9.80. The van der Waals surface area contributed by atoms with Crippen LogP contribution in [-0.4, -0.2) is 44.7 Å². The average molecular weight is 390 g/mol. The molecule has 0 bridgehead atoms. The van der Waals surface area contributed by atoms with E-state index in [1.165, 1.54) is 44.7 Å². The van der Waals surface area contributed by atoms with Crippen molar-refractivity contribution in [3.05, 3.63) is 29.8 Å². The Balaban J connectivity index is 1.40. The van der Waals surface area contributed by atoms with Gasteiger partial charge in [-0.3, -0.25) is 0 Å². The fourth-order valence-electron chi connectivity index (χ4n) is 5.17. The maximum absolute atomic E-state index is 12.6. The predicted molar refractivity (Wildman–Crippen MR) is 111 cm³/mol. The molecule has 148 valence electrons. The minimum Gasteiger partial charge on any atom is -0.300 e. The van der Waals surface area contributed by atoms with Crippen molar-refractivity contribution in [2.24, 2.45) is 10.3 Å². The van der Waals surface area contributed by atoms with E-state index in [1.807, 2.05) is 24.3 Å². The Morgan fingerprint density at radius 2 is 1.70 bits per heavy atom. The van der Waals surface area contributed by atoms with Crippen molar-refractivity contribution >= 4 is 22.1 Å². The Morgan fingerprint density at radius 3 is 2.41 bits per heavy atom. The fraction of sp³-hybridized carbons (Fsp3) is 0.667. The number of hydrogen-bond acceptors (Lipinski definition) is 3. The van der Waals surface area contributed by atoms with Crippen LogP contribution in [0.15, 0.2) is 28.7 Å². The van der Waals surface area contributed by atoms with E-state index in [9.17, 15) is 8.42 Å². The van der Waals surface area contributed by atoms with E-state index in [2.05, 4.69) is 16.2 Å². The van der Waals surface area contributed by atoms with Gasteiger partial charge in [-0.1, -0.05) is 38.0 Å². The smallest absolute Gasteiger partial charge is 0.300 e.